The zero-order valence-electron chi connectivity index (χ0n) is 20.5. The first kappa shape index (κ1) is 25.3. The van der Waals surface area contributed by atoms with Gasteiger partial charge in [0.05, 0.1) is 24.3 Å². The highest BCUT2D eigenvalue weighted by atomic mass is 79.9. The zero-order chi connectivity index (χ0) is 24.9. The molecule has 1 N–H and O–H groups in total. The van der Waals surface area contributed by atoms with E-state index in [1.165, 1.54) is 0 Å². The summed E-state index contributed by atoms with van der Waals surface area (Å²) < 4.78 is 18.0. The molecule has 2 unspecified atom stereocenters. The van der Waals surface area contributed by atoms with Gasteiger partial charge in [-0.1, -0.05) is 19.1 Å². The molecule has 0 saturated heterocycles. The Kier molecular flexibility index (Phi) is 8.16. The second-order valence-corrected chi connectivity index (χ2v) is 9.69. The predicted octanol–water partition coefficient (Wildman–Crippen LogP) is 6.04. The molecule has 0 bridgehead atoms. The largest absolute Gasteiger partial charge is 0.494 e. The van der Waals surface area contributed by atoms with Crippen LogP contribution in [-0.2, 0) is 9.59 Å². The molecule has 0 spiro atoms. The molecule has 35 heavy (non-hydrogen) atoms. The lowest BCUT2D eigenvalue weighted by atomic mass is 9.73. The van der Waals surface area contributed by atoms with Crippen LogP contribution in [-0.4, -0.2) is 31.5 Å². The fourth-order valence-corrected chi connectivity index (χ4v) is 5.45. The van der Waals surface area contributed by atoms with Crippen molar-refractivity contribution in [2.75, 3.05) is 19.8 Å². The highest BCUT2D eigenvalue weighted by Gasteiger charge is 2.38. The van der Waals surface area contributed by atoms with Crippen molar-refractivity contribution in [2.45, 2.75) is 58.3 Å². The first-order chi connectivity index (χ1) is 16.9. The molecule has 186 valence electrons. The van der Waals surface area contributed by atoms with Gasteiger partial charge in [0, 0.05) is 30.0 Å². The van der Waals surface area contributed by atoms with Gasteiger partial charge >= 0.3 is 0 Å². The Labute approximate surface area is 215 Å². The number of halogens is 1. The van der Waals surface area contributed by atoms with Crippen molar-refractivity contribution in [3.63, 3.8) is 0 Å². The Morgan fingerprint density at radius 1 is 0.914 bits per heavy atom. The predicted molar refractivity (Wildman–Crippen MR) is 138 cm³/mol. The van der Waals surface area contributed by atoms with E-state index in [1.807, 2.05) is 50.2 Å². The van der Waals surface area contributed by atoms with Gasteiger partial charge in [-0.15, -0.1) is 0 Å². The minimum atomic E-state index is -0.316. The van der Waals surface area contributed by atoms with Gasteiger partial charge in [0.25, 0.3) is 0 Å². The summed E-state index contributed by atoms with van der Waals surface area (Å²) in [6.45, 7) is 7.57. The molecule has 0 fully saturated rings. The van der Waals surface area contributed by atoms with Crippen molar-refractivity contribution >= 4 is 27.6 Å². The SMILES string of the molecule is CCCOc1ccc(C2CC(=O)C3=C(C2)NC(=O)CC3c2cc(Br)c(OCC)c(OCC)c2)cc1. The highest BCUT2D eigenvalue weighted by Crippen LogP contribution is 2.46. The average Bonchev–Trinajstić information content (AvgIpc) is 2.84. The first-order valence-corrected chi connectivity index (χ1v) is 13.1. The first-order valence-electron chi connectivity index (χ1n) is 12.3. The van der Waals surface area contributed by atoms with E-state index in [1.54, 1.807) is 0 Å². The van der Waals surface area contributed by atoms with Gasteiger partial charge in [0.1, 0.15) is 5.75 Å². The van der Waals surface area contributed by atoms with Crippen molar-refractivity contribution < 1.29 is 23.8 Å². The third-order valence-corrected chi connectivity index (χ3v) is 6.97. The number of hydrogen-bond acceptors (Lipinski definition) is 5. The Balaban J connectivity index is 1.65. The summed E-state index contributed by atoms with van der Waals surface area (Å²) in [5, 5.41) is 3.00. The standard InChI is InChI=1S/C28H32BrNO5/c1-4-11-35-20-9-7-17(8-10-20)18-13-23-27(24(31)14-18)21(16-26(32)30-23)19-12-22(29)28(34-6-3)25(15-19)33-5-2/h7-10,12,15,18,21H,4-6,11,13-14,16H2,1-3H3,(H,30,32). The van der Waals surface area contributed by atoms with Gasteiger partial charge in [-0.05, 0) is 83.9 Å². The van der Waals surface area contributed by atoms with E-state index in [0.29, 0.717) is 49.7 Å². The molecular weight excluding hydrogens is 510 g/mol. The summed E-state index contributed by atoms with van der Waals surface area (Å²) in [5.74, 6) is 1.78. The summed E-state index contributed by atoms with van der Waals surface area (Å²) in [4.78, 5) is 26.2. The van der Waals surface area contributed by atoms with Gasteiger partial charge in [-0.25, -0.2) is 0 Å². The van der Waals surface area contributed by atoms with E-state index in [2.05, 4.69) is 28.2 Å². The number of allylic oxidation sites excluding steroid dienone is 2. The summed E-state index contributed by atoms with van der Waals surface area (Å²) in [7, 11) is 0. The maximum absolute atomic E-state index is 13.5. The number of ketones is 1. The number of nitrogens with one attached hydrogen (secondary N) is 1. The average molecular weight is 542 g/mol. The van der Waals surface area contributed by atoms with Crippen LogP contribution in [0.4, 0.5) is 0 Å². The van der Waals surface area contributed by atoms with E-state index in [9.17, 15) is 9.59 Å². The number of ether oxygens (including phenoxy) is 3. The van der Waals surface area contributed by atoms with Crippen molar-refractivity contribution in [3.05, 3.63) is 63.3 Å². The fraction of sp³-hybridized carbons (Fsp3) is 0.429. The molecule has 6 nitrogen and oxygen atoms in total. The third kappa shape index (κ3) is 5.56. The van der Waals surface area contributed by atoms with Gasteiger partial charge in [0.2, 0.25) is 5.91 Å². The number of hydrogen-bond donors (Lipinski definition) is 1. The minimum absolute atomic E-state index is 0.0200. The van der Waals surface area contributed by atoms with E-state index in [0.717, 1.165) is 33.5 Å². The lowest BCUT2D eigenvalue weighted by molar-refractivity contribution is -0.122. The topological polar surface area (TPSA) is 73.9 Å². The van der Waals surface area contributed by atoms with Crippen molar-refractivity contribution in [1.82, 2.24) is 5.32 Å². The molecule has 0 aromatic heterocycles. The van der Waals surface area contributed by atoms with Crippen molar-refractivity contribution in [1.29, 1.82) is 0 Å². The molecule has 0 saturated carbocycles. The van der Waals surface area contributed by atoms with Crippen LogP contribution < -0.4 is 19.5 Å². The van der Waals surface area contributed by atoms with E-state index < -0.39 is 0 Å². The normalized spacial score (nSPS) is 19.8. The molecule has 2 aliphatic rings. The van der Waals surface area contributed by atoms with E-state index >= 15 is 0 Å². The highest BCUT2D eigenvalue weighted by molar-refractivity contribution is 9.10. The van der Waals surface area contributed by atoms with E-state index in [-0.39, 0.29) is 29.9 Å². The Morgan fingerprint density at radius 3 is 2.34 bits per heavy atom. The van der Waals surface area contributed by atoms with Crippen LogP contribution in [0.15, 0.2) is 52.1 Å². The van der Waals surface area contributed by atoms with Gasteiger partial charge in [-0.3, -0.25) is 9.59 Å². The molecule has 1 amide bonds. The summed E-state index contributed by atoms with van der Waals surface area (Å²) in [6, 6.07) is 11.8. The summed E-state index contributed by atoms with van der Waals surface area (Å²) in [5.41, 5.74) is 3.40. The number of rotatable bonds is 9. The molecule has 1 aliphatic heterocycles. The number of benzene rings is 2. The van der Waals surface area contributed by atoms with Gasteiger partial charge < -0.3 is 19.5 Å². The van der Waals surface area contributed by atoms with Crippen LogP contribution in [0.5, 0.6) is 17.2 Å². The third-order valence-electron chi connectivity index (χ3n) is 6.38. The number of carbonyl (C=O) groups excluding carboxylic acids is 2. The molecule has 4 rings (SSSR count). The van der Waals surface area contributed by atoms with Crippen LogP contribution in [0.3, 0.4) is 0 Å². The second kappa shape index (κ2) is 11.3. The molecule has 7 heteroatoms. The molecule has 1 aliphatic carbocycles. The van der Waals surface area contributed by atoms with Crippen molar-refractivity contribution in [3.8, 4) is 17.2 Å². The summed E-state index contributed by atoms with van der Waals surface area (Å²) >= 11 is 3.60. The number of Topliss-reactive ketones (excluding diaryl/α,β-unsaturated/α-hetero) is 1. The van der Waals surface area contributed by atoms with Crippen LogP contribution >= 0.6 is 15.9 Å². The molecule has 2 aromatic carbocycles. The van der Waals surface area contributed by atoms with Crippen LogP contribution in [0.25, 0.3) is 0 Å². The molecule has 2 aromatic rings. The summed E-state index contributed by atoms with van der Waals surface area (Å²) in [6.07, 6.45) is 2.21. The molecule has 0 radical (unpaired) electrons. The van der Waals surface area contributed by atoms with Gasteiger partial charge in [0.15, 0.2) is 17.3 Å². The lowest BCUT2D eigenvalue weighted by Crippen LogP contribution is -2.38. The second-order valence-electron chi connectivity index (χ2n) is 8.84. The number of carbonyl (C=O) groups is 2. The molecular formula is C28H32BrNO5. The quantitative estimate of drug-likeness (QED) is 0.418. The Morgan fingerprint density at radius 2 is 1.66 bits per heavy atom. The minimum Gasteiger partial charge on any atom is -0.494 e. The fourth-order valence-electron chi connectivity index (χ4n) is 4.87. The van der Waals surface area contributed by atoms with Crippen LogP contribution in [0.2, 0.25) is 0 Å². The van der Waals surface area contributed by atoms with Crippen LogP contribution in [0.1, 0.15) is 69.4 Å². The maximum atomic E-state index is 13.5. The Bertz CT molecular complexity index is 1120. The van der Waals surface area contributed by atoms with Crippen molar-refractivity contribution in [2.24, 2.45) is 0 Å². The monoisotopic (exact) mass is 541 g/mol. The maximum Gasteiger partial charge on any atom is 0.225 e. The lowest BCUT2D eigenvalue weighted by Gasteiger charge is -2.34. The Hall–Kier alpha value is -2.80. The zero-order valence-corrected chi connectivity index (χ0v) is 22.1. The van der Waals surface area contributed by atoms with Crippen LogP contribution in [0, 0.1) is 0 Å². The number of amides is 1. The molecule has 2 atom stereocenters. The van der Waals surface area contributed by atoms with E-state index in [4.69, 9.17) is 14.2 Å². The molecule has 1 heterocycles. The van der Waals surface area contributed by atoms with Gasteiger partial charge in [-0.2, -0.15) is 0 Å². The smallest absolute Gasteiger partial charge is 0.225 e.